The maximum absolute atomic E-state index is 12.9. The van der Waals surface area contributed by atoms with Crippen LogP contribution in [0.25, 0.3) is 10.9 Å². The summed E-state index contributed by atoms with van der Waals surface area (Å²) in [5, 5.41) is 10.5. The van der Waals surface area contributed by atoms with Crippen LogP contribution in [0.15, 0.2) is 60.7 Å². The molecule has 37 heavy (non-hydrogen) atoms. The molecule has 0 bridgehead atoms. The molecule has 0 aliphatic carbocycles. The average molecular weight is 554 g/mol. The van der Waals surface area contributed by atoms with E-state index >= 15 is 0 Å². The minimum absolute atomic E-state index is 0.168. The fraction of sp³-hybridized carbons (Fsp3) is 0.192. The third-order valence-electron chi connectivity index (χ3n) is 5.49. The highest BCUT2D eigenvalue weighted by molar-refractivity contribution is 6.32. The highest BCUT2D eigenvalue weighted by Gasteiger charge is 2.31. The van der Waals surface area contributed by atoms with Crippen LogP contribution in [0.3, 0.4) is 0 Å². The van der Waals surface area contributed by atoms with E-state index in [2.05, 4.69) is 4.74 Å². The lowest BCUT2D eigenvalue weighted by atomic mass is 10.2. The molecule has 194 valence electrons. The predicted octanol–water partition coefficient (Wildman–Crippen LogP) is 7.85. The monoisotopic (exact) mass is 553 g/mol. The molecule has 0 saturated carbocycles. The van der Waals surface area contributed by atoms with Gasteiger partial charge in [-0.3, -0.25) is 0 Å². The van der Waals surface area contributed by atoms with E-state index in [0.29, 0.717) is 38.7 Å². The van der Waals surface area contributed by atoms with Gasteiger partial charge in [-0.25, -0.2) is 4.79 Å². The second-order valence-electron chi connectivity index (χ2n) is 8.15. The number of alkyl halides is 3. The molecule has 1 unspecified atom stereocenters. The van der Waals surface area contributed by atoms with Crippen LogP contribution in [0, 0.1) is 6.92 Å². The molecular weight excluding hydrogens is 534 g/mol. The van der Waals surface area contributed by atoms with E-state index in [-0.39, 0.29) is 23.1 Å². The summed E-state index contributed by atoms with van der Waals surface area (Å²) in [4.78, 5) is 11.2. The maximum Gasteiger partial charge on any atom is 0.573 e. The molecule has 1 aromatic heterocycles. The Kier molecular flexibility index (Phi) is 7.47. The van der Waals surface area contributed by atoms with Crippen molar-refractivity contribution in [1.29, 1.82) is 0 Å². The molecule has 4 aromatic rings. The van der Waals surface area contributed by atoms with E-state index in [0.717, 1.165) is 0 Å². The van der Waals surface area contributed by atoms with Crippen molar-refractivity contribution in [1.82, 2.24) is 4.57 Å². The number of rotatable bonds is 8. The highest BCUT2D eigenvalue weighted by atomic mass is 35.5. The number of hydrogen-bond acceptors (Lipinski definition) is 4. The summed E-state index contributed by atoms with van der Waals surface area (Å²) in [6, 6.07) is 15.5. The fourth-order valence-electron chi connectivity index (χ4n) is 3.73. The Labute approximate surface area is 219 Å². The van der Waals surface area contributed by atoms with E-state index in [1.54, 1.807) is 54.0 Å². The lowest BCUT2D eigenvalue weighted by Gasteiger charge is -2.15. The number of carboxylic acids is 1. The second kappa shape index (κ2) is 10.4. The van der Waals surface area contributed by atoms with Gasteiger partial charge in [-0.2, -0.15) is 0 Å². The first-order chi connectivity index (χ1) is 17.4. The van der Waals surface area contributed by atoms with Crippen LogP contribution in [0.2, 0.25) is 10.0 Å². The van der Waals surface area contributed by atoms with Gasteiger partial charge in [-0.05, 0) is 67.9 Å². The molecule has 4 rings (SSSR count). The van der Waals surface area contributed by atoms with Gasteiger partial charge in [-0.1, -0.05) is 29.3 Å². The normalized spacial score (nSPS) is 12.4. The van der Waals surface area contributed by atoms with Crippen molar-refractivity contribution in [3.8, 4) is 23.0 Å². The van der Waals surface area contributed by atoms with E-state index in [9.17, 15) is 18.0 Å². The lowest BCUT2D eigenvalue weighted by Crippen LogP contribution is -2.23. The van der Waals surface area contributed by atoms with Gasteiger partial charge in [0, 0.05) is 23.0 Å². The number of carboxylic acid groups (broad SMARTS) is 1. The summed E-state index contributed by atoms with van der Waals surface area (Å²) in [6.07, 6.45) is -5.99. The lowest BCUT2D eigenvalue weighted by molar-refractivity contribution is -0.274. The number of aromatic nitrogens is 1. The van der Waals surface area contributed by atoms with Crippen LogP contribution in [-0.4, -0.2) is 28.1 Å². The van der Waals surface area contributed by atoms with Crippen LogP contribution in [0.5, 0.6) is 23.0 Å². The zero-order valence-corrected chi connectivity index (χ0v) is 21.0. The van der Waals surface area contributed by atoms with E-state index in [1.165, 1.54) is 25.1 Å². The first kappa shape index (κ1) is 26.5. The molecule has 0 aliphatic heterocycles. The summed E-state index contributed by atoms with van der Waals surface area (Å²) in [5.74, 6) is -0.433. The number of nitrogens with zero attached hydrogens (tertiary/aromatic N) is 1. The second-order valence-corrected chi connectivity index (χ2v) is 8.99. The Hall–Kier alpha value is -3.56. The smallest absolute Gasteiger partial charge is 0.479 e. The van der Waals surface area contributed by atoms with E-state index in [1.807, 2.05) is 0 Å². The van der Waals surface area contributed by atoms with Crippen molar-refractivity contribution in [2.24, 2.45) is 0 Å². The summed E-state index contributed by atoms with van der Waals surface area (Å²) in [7, 11) is 0. The minimum atomic E-state index is -4.86. The number of halogens is 5. The summed E-state index contributed by atoms with van der Waals surface area (Å²) >= 11 is 12.1. The van der Waals surface area contributed by atoms with E-state index in [4.69, 9.17) is 37.8 Å². The molecule has 1 atom stereocenters. The predicted molar refractivity (Wildman–Crippen MR) is 133 cm³/mol. The molecule has 0 aliphatic rings. The Morgan fingerprint density at radius 3 is 2.35 bits per heavy atom. The third kappa shape index (κ3) is 6.23. The molecule has 0 fully saturated rings. The van der Waals surface area contributed by atoms with Gasteiger partial charge in [0.2, 0.25) is 0 Å². The van der Waals surface area contributed by atoms with Crippen LogP contribution < -0.4 is 14.2 Å². The average Bonchev–Trinajstić information content (AvgIpc) is 3.06. The van der Waals surface area contributed by atoms with Crippen LogP contribution in [-0.2, 0) is 11.3 Å². The Bertz CT molecular complexity index is 1450. The number of carbonyl (C=O) groups is 1. The van der Waals surface area contributed by atoms with Crippen LogP contribution in [0.1, 0.15) is 18.2 Å². The van der Waals surface area contributed by atoms with Crippen molar-refractivity contribution < 1.29 is 37.3 Å². The third-order valence-corrected chi connectivity index (χ3v) is 6.06. The summed E-state index contributed by atoms with van der Waals surface area (Å²) in [6.45, 7) is 3.34. The van der Waals surface area contributed by atoms with E-state index < -0.39 is 18.4 Å². The highest BCUT2D eigenvalue weighted by Crippen LogP contribution is 2.39. The standard InChI is InChI=1S/C26H20Cl2F3NO5/c1-14-24(36-18-6-4-17(27)5-7-18)20-9-8-19(37-26(29,30)31)12-22(20)32(14)13-16-3-10-21(28)23(11-16)35-15(2)25(33)34/h3-12,15H,13H2,1-2H3,(H,33,34). The molecule has 1 heterocycles. The van der Waals surface area contributed by atoms with Crippen molar-refractivity contribution in [3.63, 3.8) is 0 Å². The van der Waals surface area contributed by atoms with Crippen molar-refractivity contribution >= 4 is 40.1 Å². The minimum Gasteiger partial charge on any atom is -0.479 e. The molecule has 0 amide bonds. The largest absolute Gasteiger partial charge is 0.573 e. The zero-order valence-electron chi connectivity index (χ0n) is 19.5. The van der Waals surface area contributed by atoms with Gasteiger partial charge in [0.05, 0.1) is 16.2 Å². The first-order valence-electron chi connectivity index (χ1n) is 10.9. The van der Waals surface area contributed by atoms with Gasteiger partial charge < -0.3 is 23.9 Å². The van der Waals surface area contributed by atoms with Crippen molar-refractivity contribution in [3.05, 3.63) is 82.0 Å². The number of hydrogen-bond donors (Lipinski definition) is 1. The Morgan fingerprint density at radius 2 is 1.70 bits per heavy atom. The van der Waals surface area contributed by atoms with Gasteiger partial charge in [-0.15, -0.1) is 13.2 Å². The summed E-state index contributed by atoms with van der Waals surface area (Å²) < 4.78 is 56.2. The molecule has 3 aromatic carbocycles. The van der Waals surface area contributed by atoms with Crippen LogP contribution >= 0.6 is 23.2 Å². The molecule has 0 saturated heterocycles. The molecule has 11 heteroatoms. The molecular formula is C26H20Cl2F3NO5. The molecule has 0 radical (unpaired) electrons. The summed E-state index contributed by atoms with van der Waals surface area (Å²) in [5.41, 5.74) is 1.72. The molecule has 0 spiro atoms. The fourth-order valence-corrected chi connectivity index (χ4v) is 4.02. The zero-order chi connectivity index (χ0) is 26.9. The Morgan fingerprint density at radius 1 is 1.03 bits per heavy atom. The number of benzene rings is 3. The number of fused-ring (bicyclic) bond motifs is 1. The first-order valence-corrected chi connectivity index (χ1v) is 11.7. The van der Waals surface area contributed by atoms with Gasteiger partial charge in [0.25, 0.3) is 0 Å². The van der Waals surface area contributed by atoms with Gasteiger partial charge in [0.15, 0.2) is 11.9 Å². The molecule has 1 N–H and O–H groups in total. The van der Waals surface area contributed by atoms with Gasteiger partial charge >= 0.3 is 12.3 Å². The van der Waals surface area contributed by atoms with Gasteiger partial charge in [0.1, 0.15) is 17.2 Å². The van der Waals surface area contributed by atoms with Crippen LogP contribution in [0.4, 0.5) is 13.2 Å². The maximum atomic E-state index is 12.9. The quantitative estimate of drug-likeness (QED) is 0.240. The number of aliphatic carboxylic acids is 1. The Balaban J connectivity index is 1.78. The van der Waals surface area contributed by atoms with Crippen molar-refractivity contribution in [2.45, 2.75) is 32.9 Å². The molecule has 6 nitrogen and oxygen atoms in total. The van der Waals surface area contributed by atoms with Crippen molar-refractivity contribution in [2.75, 3.05) is 0 Å². The number of ether oxygens (including phenoxy) is 3. The topological polar surface area (TPSA) is 69.9 Å². The SMILES string of the molecule is Cc1c(Oc2ccc(Cl)cc2)c2ccc(OC(F)(F)F)cc2n1Cc1ccc(Cl)c(OC(C)C(=O)O)c1.